The van der Waals surface area contributed by atoms with Crippen molar-refractivity contribution >= 4 is 6.29 Å². The first-order valence-corrected chi connectivity index (χ1v) is 7.74. The Labute approximate surface area is 129 Å². The maximum atomic E-state index is 10.1. The minimum absolute atomic E-state index is 0.560. The minimum atomic E-state index is 0.560. The zero-order valence-corrected chi connectivity index (χ0v) is 14.4. The Morgan fingerprint density at radius 1 is 1.24 bits per heavy atom. The molecule has 0 spiro atoms. The van der Waals surface area contributed by atoms with Gasteiger partial charge in [-0.25, -0.2) is 4.98 Å². The van der Waals surface area contributed by atoms with Gasteiger partial charge in [0.2, 0.25) is 0 Å². The molecule has 122 valence electrons. The van der Waals surface area contributed by atoms with Crippen molar-refractivity contribution in [3.63, 3.8) is 0 Å². The minimum Gasteiger partial charge on any atom is -0.335 e. The molecule has 0 bridgehead atoms. The van der Waals surface area contributed by atoms with Crippen LogP contribution in [-0.4, -0.2) is 55.0 Å². The number of aromatic nitrogens is 2. The van der Waals surface area contributed by atoms with Crippen LogP contribution < -0.4 is 5.32 Å². The van der Waals surface area contributed by atoms with Gasteiger partial charge in [0.1, 0.15) is 12.1 Å². The molecule has 1 aromatic heterocycles. The van der Waals surface area contributed by atoms with Crippen molar-refractivity contribution < 1.29 is 4.79 Å². The lowest BCUT2D eigenvalue weighted by atomic mass is 10.1. The first kappa shape index (κ1) is 19.8. The average molecular weight is 296 g/mol. The summed E-state index contributed by atoms with van der Waals surface area (Å²) >= 11 is 0. The number of piperidine rings is 1. The fourth-order valence-electron chi connectivity index (χ4n) is 2.02. The summed E-state index contributed by atoms with van der Waals surface area (Å²) in [6.45, 7) is 4.64. The predicted octanol–water partition coefficient (Wildman–Crippen LogP) is 1.80. The van der Waals surface area contributed by atoms with Crippen LogP contribution >= 0.6 is 0 Å². The van der Waals surface area contributed by atoms with Gasteiger partial charge in [0, 0.05) is 31.8 Å². The Kier molecular flexibility index (Phi) is 11.8. The summed E-state index contributed by atoms with van der Waals surface area (Å²) in [5.41, 5.74) is 1.13. The highest BCUT2D eigenvalue weighted by molar-refractivity contribution is 5.49. The zero-order valence-electron chi connectivity index (χ0n) is 14.4. The van der Waals surface area contributed by atoms with Crippen LogP contribution in [0.2, 0.25) is 0 Å². The highest BCUT2D eigenvalue weighted by Gasteiger charge is 2.02. The van der Waals surface area contributed by atoms with Gasteiger partial charge < -0.3 is 19.6 Å². The van der Waals surface area contributed by atoms with E-state index in [2.05, 4.69) is 22.2 Å². The Balaban J connectivity index is 0.000000342. The van der Waals surface area contributed by atoms with E-state index in [0.29, 0.717) is 6.42 Å². The SMILES string of the molecule is CN1CCCCC1.CNC.Cc1cnc(CCC=O)n1C. The highest BCUT2D eigenvalue weighted by Crippen LogP contribution is 2.04. The van der Waals surface area contributed by atoms with E-state index in [1.165, 1.54) is 32.4 Å². The van der Waals surface area contributed by atoms with E-state index in [9.17, 15) is 4.79 Å². The number of nitrogens with one attached hydrogen (secondary N) is 1. The second kappa shape index (κ2) is 12.5. The molecule has 1 aliphatic heterocycles. The molecule has 2 heterocycles. The van der Waals surface area contributed by atoms with Crippen LogP contribution in [0.4, 0.5) is 0 Å². The molecular formula is C16H32N4O. The molecule has 2 rings (SSSR count). The van der Waals surface area contributed by atoms with Crippen molar-refractivity contribution in [2.24, 2.45) is 7.05 Å². The Hall–Kier alpha value is -1.20. The first-order chi connectivity index (χ1) is 10.1. The van der Waals surface area contributed by atoms with Crippen molar-refractivity contribution in [1.82, 2.24) is 19.8 Å². The van der Waals surface area contributed by atoms with Gasteiger partial charge in [0.25, 0.3) is 0 Å². The molecule has 0 unspecified atom stereocenters. The summed E-state index contributed by atoms with van der Waals surface area (Å²) in [6.07, 6.45) is 8.32. The number of nitrogens with zero attached hydrogens (tertiary/aromatic N) is 3. The average Bonchev–Trinajstić information content (AvgIpc) is 2.79. The predicted molar refractivity (Wildman–Crippen MR) is 88.7 cm³/mol. The Bertz CT molecular complexity index is 370. The third kappa shape index (κ3) is 9.37. The van der Waals surface area contributed by atoms with Gasteiger partial charge in [0.05, 0.1) is 0 Å². The molecule has 21 heavy (non-hydrogen) atoms. The third-order valence-corrected chi connectivity index (χ3v) is 3.38. The summed E-state index contributed by atoms with van der Waals surface area (Å²) in [7, 11) is 7.90. The quantitative estimate of drug-likeness (QED) is 0.864. The van der Waals surface area contributed by atoms with Crippen molar-refractivity contribution in [2.45, 2.75) is 39.0 Å². The summed E-state index contributed by atoms with van der Waals surface area (Å²) < 4.78 is 2.00. The number of hydrogen-bond acceptors (Lipinski definition) is 4. The van der Waals surface area contributed by atoms with E-state index in [1.54, 1.807) is 0 Å². The molecule has 1 aromatic rings. The lowest BCUT2D eigenvalue weighted by Crippen LogP contribution is -2.24. The fourth-order valence-corrected chi connectivity index (χ4v) is 2.02. The number of rotatable bonds is 3. The number of likely N-dealkylation sites (tertiary alicyclic amines) is 1. The number of carbonyl (C=O) groups excluding carboxylic acids is 1. The largest absolute Gasteiger partial charge is 0.335 e. The third-order valence-electron chi connectivity index (χ3n) is 3.38. The molecule has 0 aromatic carbocycles. The van der Waals surface area contributed by atoms with Gasteiger partial charge in [-0.2, -0.15) is 0 Å². The van der Waals surface area contributed by atoms with E-state index < -0.39 is 0 Å². The number of aryl methyl sites for hydroxylation is 2. The molecule has 5 nitrogen and oxygen atoms in total. The molecular weight excluding hydrogens is 264 g/mol. The zero-order chi connectivity index (χ0) is 16.1. The van der Waals surface area contributed by atoms with Crippen LogP contribution in [-0.2, 0) is 18.3 Å². The Morgan fingerprint density at radius 2 is 1.81 bits per heavy atom. The molecule has 0 radical (unpaired) electrons. The molecule has 1 saturated heterocycles. The van der Waals surface area contributed by atoms with E-state index in [4.69, 9.17) is 0 Å². The van der Waals surface area contributed by atoms with Crippen LogP contribution in [0.3, 0.4) is 0 Å². The van der Waals surface area contributed by atoms with Gasteiger partial charge in [-0.3, -0.25) is 0 Å². The van der Waals surface area contributed by atoms with Gasteiger partial charge in [-0.05, 0) is 54.0 Å². The van der Waals surface area contributed by atoms with E-state index in [-0.39, 0.29) is 0 Å². The second-order valence-electron chi connectivity index (χ2n) is 5.44. The second-order valence-corrected chi connectivity index (χ2v) is 5.44. The maximum Gasteiger partial charge on any atom is 0.120 e. The number of aldehydes is 1. The highest BCUT2D eigenvalue weighted by atomic mass is 16.1. The van der Waals surface area contributed by atoms with E-state index >= 15 is 0 Å². The lowest BCUT2D eigenvalue weighted by Gasteiger charge is -2.20. The fraction of sp³-hybridized carbons (Fsp3) is 0.750. The molecule has 1 N–H and O–H groups in total. The molecule has 0 aliphatic carbocycles. The summed E-state index contributed by atoms with van der Waals surface area (Å²) in [6, 6.07) is 0. The number of imidazole rings is 1. The Morgan fingerprint density at radius 3 is 2.14 bits per heavy atom. The maximum absolute atomic E-state index is 10.1. The van der Waals surface area contributed by atoms with E-state index in [1.807, 2.05) is 38.8 Å². The molecule has 5 heteroatoms. The van der Waals surface area contributed by atoms with Gasteiger partial charge in [-0.1, -0.05) is 6.42 Å². The summed E-state index contributed by atoms with van der Waals surface area (Å²) in [5, 5.41) is 2.75. The van der Waals surface area contributed by atoms with E-state index in [0.717, 1.165) is 24.2 Å². The first-order valence-electron chi connectivity index (χ1n) is 7.74. The van der Waals surface area contributed by atoms with Gasteiger partial charge in [0.15, 0.2) is 0 Å². The molecule has 0 amide bonds. The van der Waals surface area contributed by atoms with Crippen molar-refractivity contribution in [3.05, 3.63) is 17.7 Å². The molecule has 0 saturated carbocycles. The smallest absolute Gasteiger partial charge is 0.120 e. The normalized spacial score (nSPS) is 14.5. The lowest BCUT2D eigenvalue weighted by molar-refractivity contribution is -0.107. The van der Waals surface area contributed by atoms with Crippen LogP contribution in [0.25, 0.3) is 0 Å². The molecule has 1 fully saturated rings. The molecule has 1 aliphatic rings. The van der Waals surface area contributed by atoms with Crippen molar-refractivity contribution in [1.29, 1.82) is 0 Å². The number of carbonyl (C=O) groups is 1. The van der Waals surface area contributed by atoms with Crippen LogP contribution in [0, 0.1) is 6.92 Å². The topological polar surface area (TPSA) is 50.2 Å². The van der Waals surface area contributed by atoms with Crippen LogP contribution in [0.15, 0.2) is 6.20 Å². The van der Waals surface area contributed by atoms with Gasteiger partial charge >= 0.3 is 0 Å². The summed E-state index contributed by atoms with van der Waals surface area (Å²) in [4.78, 5) is 16.6. The van der Waals surface area contributed by atoms with Gasteiger partial charge in [-0.15, -0.1) is 0 Å². The van der Waals surface area contributed by atoms with Crippen LogP contribution in [0.5, 0.6) is 0 Å². The van der Waals surface area contributed by atoms with Crippen molar-refractivity contribution in [3.8, 4) is 0 Å². The van der Waals surface area contributed by atoms with Crippen molar-refractivity contribution in [2.75, 3.05) is 34.2 Å². The number of hydrogen-bond donors (Lipinski definition) is 1. The monoisotopic (exact) mass is 296 g/mol. The van der Waals surface area contributed by atoms with Crippen LogP contribution in [0.1, 0.15) is 37.2 Å². The molecule has 0 atom stereocenters. The summed E-state index contributed by atoms with van der Waals surface area (Å²) in [5.74, 6) is 0.981. The standard InChI is InChI=1S/C8H12N2O.C6H13N.C2H7N/c1-7-6-9-8(10(7)2)4-3-5-11;1-7-5-3-2-4-6-7;1-3-2/h5-6H,3-4H2,1-2H3;2-6H2,1H3;3H,1-2H3.